The zero-order valence-corrected chi connectivity index (χ0v) is 15.1. The highest BCUT2D eigenvalue weighted by atomic mass is 79.9. The number of anilines is 1. The number of rotatable bonds is 4. The van der Waals surface area contributed by atoms with E-state index in [1.54, 1.807) is 0 Å². The van der Waals surface area contributed by atoms with Crippen molar-refractivity contribution in [3.63, 3.8) is 0 Å². The minimum Gasteiger partial charge on any atom is -0.325 e. The van der Waals surface area contributed by atoms with Crippen LogP contribution in [0.2, 0.25) is 0 Å². The van der Waals surface area contributed by atoms with Gasteiger partial charge in [0.25, 0.3) is 0 Å². The molecule has 2 atom stereocenters. The van der Waals surface area contributed by atoms with Crippen molar-refractivity contribution in [3.05, 3.63) is 65.2 Å². The maximum Gasteiger partial charge on any atom is 0.239 e. The van der Waals surface area contributed by atoms with Gasteiger partial charge in [0.1, 0.15) is 4.83 Å². The molecule has 2 rings (SSSR count). The molecule has 21 heavy (non-hydrogen) atoms. The van der Waals surface area contributed by atoms with Crippen LogP contribution in [-0.2, 0) is 4.79 Å². The molecule has 2 nitrogen and oxygen atoms in total. The van der Waals surface area contributed by atoms with E-state index in [9.17, 15) is 4.79 Å². The Labute approximate surface area is 142 Å². The van der Waals surface area contributed by atoms with Crippen LogP contribution in [0.1, 0.15) is 21.5 Å². The summed E-state index contributed by atoms with van der Waals surface area (Å²) in [7, 11) is 0. The molecule has 0 aliphatic heterocycles. The number of benzene rings is 2. The normalized spacial score (nSPS) is 13.5. The van der Waals surface area contributed by atoms with Crippen LogP contribution in [0.4, 0.5) is 5.69 Å². The van der Waals surface area contributed by atoms with E-state index in [0.717, 1.165) is 22.4 Å². The topological polar surface area (TPSA) is 29.1 Å². The van der Waals surface area contributed by atoms with Crippen molar-refractivity contribution in [3.8, 4) is 0 Å². The van der Waals surface area contributed by atoms with E-state index in [4.69, 9.17) is 0 Å². The third-order valence-corrected chi connectivity index (χ3v) is 5.99. The third kappa shape index (κ3) is 4.17. The highest BCUT2D eigenvalue weighted by molar-refractivity contribution is 9.12. The van der Waals surface area contributed by atoms with Crippen LogP contribution in [0.25, 0.3) is 0 Å². The molecular weight excluding hydrogens is 394 g/mol. The zero-order chi connectivity index (χ0) is 15.4. The Morgan fingerprint density at radius 2 is 1.71 bits per heavy atom. The molecule has 2 aromatic rings. The zero-order valence-electron chi connectivity index (χ0n) is 11.9. The summed E-state index contributed by atoms with van der Waals surface area (Å²) in [4.78, 5) is 12.0. The second-order valence-corrected chi connectivity index (χ2v) is 6.99. The summed E-state index contributed by atoms with van der Waals surface area (Å²) in [6, 6.07) is 15.9. The van der Waals surface area contributed by atoms with E-state index in [1.807, 2.05) is 62.4 Å². The van der Waals surface area contributed by atoms with Gasteiger partial charge in [-0.05, 0) is 36.6 Å². The van der Waals surface area contributed by atoms with Crippen LogP contribution < -0.4 is 5.32 Å². The molecule has 0 saturated carbocycles. The Hall–Kier alpha value is -1.13. The summed E-state index contributed by atoms with van der Waals surface area (Å²) in [6.07, 6.45) is 0. The van der Waals surface area contributed by atoms with Gasteiger partial charge in [-0.3, -0.25) is 4.79 Å². The summed E-state index contributed by atoms with van der Waals surface area (Å²) in [5.41, 5.74) is 4.10. The Morgan fingerprint density at radius 3 is 2.38 bits per heavy atom. The van der Waals surface area contributed by atoms with Gasteiger partial charge >= 0.3 is 0 Å². The first-order valence-electron chi connectivity index (χ1n) is 6.70. The molecule has 1 amide bonds. The van der Waals surface area contributed by atoms with Crippen molar-refractivity contribution in [2.45, 2.75) is 23.5 Å². The molecule has 4 heteroatoms. The fourth-order valence-electron chi connectivity index (χ4n) is 2.01. The lowest BCUT2D eigenvalue weighted by Crippen LogP contribution is -2.26. The van der Waals surface area contributed by atoms with Gasteiger partial charge in [-0.1, -0.05) is 74.3 Å². The number of carbonyl (C=O) groups excluding carboxylic acids is 1. The average Bonchev–Trinajstić information content (AvgIpc) is 2.50. The Balaban J connectivity index is 2.11. The van der Waals surface area contributed by atoms with Crippen LogP contribution in [0.5, 0.6) is 0 Å². The van der Waals surface area contributed by atoms with E-state index >= 15 is 0 Å². The number of hydrogen-bond donors (Lipinski definition) is 1. The van der Waals surface area contributed by atoms with Crippen molar-refractivity contribution in [2.24, 2.45) is 0 Å². The van der Waals surface area contributed by atoms with Crippen LogP contribution in [0.15, 0.2) is 48.5 Å². The predicted molar refractivity (Wildman–Crippen MR) is 95.4 cm³/mol. The number of alkyl halides is 2. The molecule has 0 radical (unpaired) electrons. The van der Waals surface area contributed by atoms with Crippen molar-refractivity contribution in [1.82, 2.24) is 0 Å². The molecule has 0 aliphatic carbocycles. The Kier molecular flexibility index (Phi) is 5.59. The van der Waals surface area contributed by atoms with Gasteiger partial charge in [-0.15, -0.1) is 0 Å². The molecular formula is C17H17Br2NO. The standard InChI is InChI=1S/C17H17Br2NO/c1-11-8-9-12(2)14(10-11)20-17(21)16(19)15(18)13-6-4-3-5-7-13/h3-10,15-16H,1-2H3,(H,20,21). The minimum absolute atomic E-state index is 0.0607. The monoisotopic (exact) mass is 409 g/mol. The van der Waals surface area contributed by atoms with E-state index in [2.05, 4.69) is 37.2 Å². The van der Waals surface area contributed by atoms with Crippen LogP contribution in [0, 0.1) is 13.8 Å². The molecule has 0 heterocycles. The maximum atomic E-state index is 12.4. The quantitative estimate of drug-likeness (QED) is 0.694. The molecule has 1 N–H and O–H groups in total. The van der Waals surface area contributed by atoms with Gasteiger partial charge in [-0.2, -0.15) is 0 Å². The molecule has 2 unspecified atom stereocenters. The summed E-state index contributed by atoms with van der Waals surface area (Å²) in [5, 5.41) is 2.99. The predicted octanol–water partition coefficient (Wildman–Crippen LogP) is 5.14. The van der Waals surface area contributed by atoms with E-state index < -0.39 is 0 Å². The highest BCUT2D eigenvalue weighted by Crippen LogP contribution is 2.32. The van der Waals surface area contributed by atoms with Gasteiger partial charge in [0.15, 0.2) is 0 Å². The second kappa shape index (κ2) is 7.23. The summed E-state index contributed by atoms with van der Waals surface area (Å²) in [5.74, 6) is -0.0607. The molecule has 2 aromatic carbocycles. The first-order valence-corrected chi connectivity index (χ1v) is 8.53. The number of carbonyl (C=O) groups is 1. The van der Waals surface area contributed by atoms with Gasteiger partial charge in [0.05, 0.1) is 4.83 Å². The second-order valence-electron chi connectivity index (χ2n) is 5.02. The fourth-order valence-corrected chi connectivity index (χ4v) is 2.98. The Bertz CT molecular complexity index is 628. The van der Waals surface area contributed by atoms with Gasteiger partial charge in [0.2, 0.25) is 5.91 Å². The summed E-state index contributed by atoms with van der Waals surface area (Å²) < 4.78 is 0. The number of halogens is 2. The van der Waals surface area contributed by atoms with Crippen molar-refractivity contribution in [1.29, 1.82) is 0 Å². The number of nitrogens with one attached hydrogen (secondary N) is 1. The number of aryl methyl sites for hydroxylation is 2. The van der Waals surface area contributed by atoms with E-state index in [-0.39, 0.29) is 15.6 Å². The first-order chi connectivity index (χ1) is 9.99. The molecule has 0 aliphatic rings. The SMILES string of the molecule is Cc1ccc(C)c(NC(=O)C(Br)C(Br)c2ccccc2)c1. The van der Waals surface area contributed by atoms with Crippen LogP contribution in [-0.4, -0.2) is 10.7 Å². The first kappa shape index (κ1) is 16.2. The lowest BCUT2D eigenvalue weighted by Gasteiger charge is -2.18. The largest absolute Gasteiger partial charge is 0.325 e. The molecule has 0 saturated heterocycles. The maximum absolute atomic E-state index is 12.4. The number of amides is 1. The van der Waals surface area contributed by atoms with E-state index in [1.165, 1.54) is 0 Å². The minimum atomic E-state index is -0.347. The van der Waals surface area contributed by atoms with Gasteiger partial charge < -0.3 is 5.32 Å². The molecule has 0 fully saturated rings. The molecule has 0 bridgehead atoms. The average molecular weight is 411 g/mol. The summed E-state index contributed by atoms with van der Waals surface area (Å²) in [6.45, 7) is 4.00. The van der Waals surface area contributed by atoms with Crippen LogP contribution >= 0.6 is 31.9 Å². The molecule has 110 valence electrons. The van der Waals surface area contributed by atoms with Crippen molar-refractivity contribution in [2.75, 3.05) is 5.32 Å². The molecule has 0 spiro atoms. The van der Waals surface area contributed by atoms with Gasteiger partial charge in [0, 0.05) is 5.69 Å². The fraction of sp³-hybridized carbons (Fsp3) is 0.235. The summed E-state index contributed by atoms with van der Waals surface area (Å²) >= 11 is 7.08. The molecule has 0 aromatic heterocycles. The number of hydrogen-bond acceptors (Lipinski definition) is 1. The Morgan fingerprint density at radius 1 is 1.05 bits per heavy atom. The third-order valence-electron chi connectivity index (χ3n) is 3.28. The van der Waals surface area contributed by atoms with Crippen molar-refractivity contribution < 1.29 is 4.79 Å². The van der Waals surface area contributed by atoms with E-state index in [0.29, 0.717) is 0 Å². The highest BCUT2D eigenvalue weighted by Gasteiger charge is 2.25. The lowest BCUT2D eigenvalue weighted by atomic mass is 10.1. The van der Waals surface area contributed by atoms with Crippen LogP contribution in [0.3, 0.4) is 0 Å². The smallest absolute Gasteiger partial charge is 0.239 e. The van der Waals surface area contributed by atoms with Gasteiger partial charge in [-0.25, -0.2) is 0 Å². The lowest BCUT2D eigenvalue weighted by molar-refractivity contribution is -0.115. The van der Waals surface area contributed by atoms with Crippen molar-refractivity contribution >= 4 is 43.5 Å².